The van der Waals surface area contributed by atoms with E-state index in [0.29, 0.717) is 6.10 Å². The van der Waals surface area contributed by atoms with E-state index in [0.717, 1.165) is 28.0 Å². The molecule has 1 aliphatic rings. The summed E-state index contributed by atoms with van der Waals surface area (Å²) < 4.78 is 12.4. The van der Waals surface area contributed by atoms with Crippen LogP contribution in [0.2, 0.25) is 0 Å². The summed E-state index contributed by atoms with van der Waals surface area (Å²) in [5.74, 6) is 1.60. The maximum Gasteiger partial charge on any atom is 0.193 e. The van der Waals surface area contributed by atoms with Gasteiger partial charge >= 0.3 is 0 Å². The van der Waals surface area contributed by atoms with Gasteiger partial charge in [-0.1, -0.05) is 0 Å². The highest BCUT2D eigenvalue weighted by Crippen LogP contribution is 2.36. The predicted octanol–water partition coefficient (Wildman–Crippen LogP) is 3.01. The van der Waals surface area contributed by atoms with Crippen molar-refractivity contribution in [2.45, 2.75) is 38.9 Å². The molecule has 0 spiro atoms. The minimum absolute atomic E-state index is 0.157. The van der Waals surface area contributed by atoms with Crippen LogP contribution in [0, 0.1) is 3.70 Å². The van der Waals surface area contributed by atoms with Gasteiger partial charge in [-0.05, 0) is 49.3 Å². The third-order valence-electron chi connectivity index (χ3n) is 2.00. The molecule has 0 bridgehead atoms. The molecule has 0 aliphatic heterocycles. The number of nitrogens with zero attached hydrogens (tertiary/aromatic N) is 1. The molecule has 82 valence electrons. The molecule has 1 heterocycles. The topological polar surface area (TPSA) is 31.4 Å². The Balaban J connectivity index is 2.21. The van der Waals surface area contributed by atoms with Crippen molar-refractivity contribution in [3.8, 4) is 11.5 Å². The van der Waals surface area contributed by atoms with Crippen molar-refractivity contribution in [2.24, 2.45) is 0 Å². The molecule has 3 nitrogen and oxygen atoms in total. The Hall–Kier alpha value is -0.520. The molecule has 1 aromatic rings. The van der Waals surface area contributed by atoms with Crippen LogP contribution in [0.25, 0.3) is 0 Å². The van der Waals surface area contributed by atoms with Gasteiger partial charge in [0.15, 0.2) is 11.5 Å². The quantitative estimate of drug-likeness (QED) is 0.631. The summed E-state index contributed by atoms with van der Waals surface area (Å²) in [7, 11) is 0. The van der Waals surface area contributed by atoms with Crippen LogP contribution in [0.15, 0.2) is 12.3 Å². The molecule has 0 aromatic carbocycles. The van der Waals surface area contributed by atoms with Crippen LogP contribution in [0.4, 0.5) is 0 Å². The second kappa shape index (κ2) is 4.55. The highest BCUT2D eigenvalue weighted by molar-refractivity contribution is 14.1. The van der Waals surface area contributed by atoms with Gasteiger partial charge in [-0.15, -0.1) is 0 Å². The molecule has 4 heteroatoms. The first-order valence-corrected chi connectivity index (χ1v) is 6.22. The molecule has 0 N–H and O–H groups in total. The van der Waals surface area contributed by atoms with Crippen molar-refractivity contribution in [1.29, 1.82) is 0 Å². The van der Waals surface area contributed by atoms with E-state index < -0.39 is 0 Å². The Labute approximate surface area is 103 Å². The largest absolute Gasteiger partial charge is 0.487 e. The van der Waals surface area contributed by atoms with E-state index in [1.807, 2.05) is 19.9 Å². The highest BCUT2D eigenvalue weighted by atomic mass is 127. The zero-order valence-electron chi connectivity index (χ0n) is 8.87. The van der Waals surface area contributed by atoms with Crippen molar-refractivity contribution in [1.82, 2.24) is 4.98 Å². The summed E-state index contributed by atoms with van der Waals surface area (Å²) in [4.78, 5) is 4.21. The lowest BCUT2D eigenvalue weighted by molar-refractivity contribution is 0.216. The van der Waals surface area contributed by atoms with Gasteiger partial charge < -0.3 is 9.47 Å². The minimum Gasteiger partial charge on any atom is -0.487 e. The molecular formula is C11H14INO2. The van der Waals surface area contributed by atoms with E-state index in [9.17, 15) is 0 Å². The van der Waals surface area contributed by atoms with Gasteiger partial charge in [-0.2, -0.15) is 0 Å². The van der Waals surface area contributed by atoms with E-state index in [-0.39, 0.29) is 6.10 Å². The van der Waals surface area contributed by atoms with Gasteiger partial charge in [0.1, 0.15) is 3.70 Å². The van der Waals surface area contributed by atoms with Crippen molar-refractivity contribution in [3.05, 3.63) is 16.0 Å². The number of halogens is 1. The monoisotopic (exact) mass is 319 g/mol. The summed E-state index contributed by atoms with van der Waals surface area (Å²) in [6.07, 6.45) is 4.57. The first-order valence-electron chi connectivity index (χ1n) is 5.14. The Kier molecular flexibility index (Phi) is 3.33. The fraction of sp³-hybridized carbons (Fsp3) is 0.545. The molecule has 0 amide bonds. The van der Waals surface area contributed by atoms with E-state index in [2.05, 4.69) is 27.6 Å². The zero-order valence-corrected chi connectivity index (χ0v) is 11.0. The van der Waals surface area contributed by atoms with Crippen LogP contribution in [0.1, 0.15) is 26.7 Å². The highest BCUT2D eigenvalue weighted by Gasteiger charge is 2.26. The normalized spacial score (nSPS) is 15.5. The summed E-state index contributed by atoms with van der Waals surface area (Å²) in [5, 5.41) is 0. The van der Waals surface area contributed by atoms with Crippen LogP contribution in [0.3, 0.4) is 0 Å². The van der Waals surface area contributed by atoms with Crippen molar-refractivity contribution in [3.63, 3.8) is 0 Å². The number of aromatic nitrogens is 1. The fourth-order valence-electron chi connectivity index (χ4n) is 1.21. The maximum atomic E-state index is 5.79. The molecular weight excluding hydrogens is 305 g/mol. The van der Waals surface area contributed by atoms with Crippen molar-refractivity contribution >= 4 is 22.6 Å². The lowest BCUT2D eigenvalue weighted by Gasteiger charge is -2.15. The van der Waals surface area contributed by atoms with Gasteiger partial charge in [0.2, 0.25) is 0 Å². The van der Waals surface area contributed by atoms with Crippen LogP contribution in [-0.2, 0) is 0 Å². The van der Waals surface area contributed by atoms with Crippen LogP contribution in [0.5, 0.6) is 11.5 Å². The summed E-state index contributed by atoms with van der Waals surface area (Å²) >= 11 is 2.18. The van der Waals surface area contributed by atoms with Gasteiger partial charge in [0.25, 0.3) is 0 Å². The Morgan fingerprint density at radius 3 is 2.80 bits per heavy atom. The SMILES string of the molecule is CC(C)Oc1ccnc(I)c1OC1CC1. The van der Waals surface area contributed by atoms with Crippen LogP contribution in [-0.4, -0.2) is 17.2 Å². The van der Waals surface area contributed by atoms with Crippen molar-refractivity contribution in [2.75, 3.05) is 0 Å². The second-order valence-electron chi connectivity index (χ2n) is 3.91. The van der Waals surface area contributed by atoms with E-state index >= 15 is 0 Å². The van der Waals surface area contributed by atoms with Crippen molar-refractivity contribution < 1.29 is 9.47 Å². The third-order valence-corrected chi connectivity index (χ3v) is 2.76. The molecule has 1 aromatic heterocycles. The molecule has 0 saturated heterocycles. The molecule has 15 heavy (non-hydrogen) atoms. The molecule has 1 fully saturated rings. The number of rotatable bonds is 4. The number of pyridine rings is 1. The molecule has 0 atom stereocenters. The van der Waals surface area contributed by atoms with Crippen LogP contribution >= 0.6 is 22.6 Å². The number of ether oxygens (including phenoxy) is 2. The van der Waals surface area contributed by atoms with E-state index in [1.165, 1.54) is 0 Å². The van der Waals surface area contributed by atoms with Gasteiger partial charge in [0, 0.05) is 12.3 Å². The molecule has 2 rings (SSSR count). The lowest BCUT2D eigenvalue weighted by Crippen LogP contribution is -2.09. The zero-order chi connectivity index (χ0) is 10.8. The Morgan fingerprint density at radius 1 is 1.47 bits per heavy atom. The Morgan fingerprint density at radius 2 is 2.20 bits per heavy atom. The minimum atomic E-state index is 0.157. The molecule has 1 aliphatic carbocycles. The smallest absolute Gasteiger partial charge is 0.193 e. The van der Waals surface area contributed by atoms with Gasteiger partial charge in [-0.3, -0.25) is 0 Å². The third kappa shape index (κ3) is 2.96. The summed E-state index contributed by atoms with van der Waals surface area (Å²) in [6.45, 7) is 4.02. The standard InChI is InChI=1S/C11H14INO2/c1-7(2)14-9-5-6-13-11(12)10(9)15-8-3-4-8/h5-8H,3-4H2,1-2H3. The number of hydrogen-bond donors (Lipinski definition) is 0. The summed E-state index contributed by atoms with van der Waals surface area (Å²) in [6, 6.07) is 1.86. The summed E-state index contributed by atoms with van der Waals surface area (Å²) in [5.41, 5.74) is 0. The molecule has 0 unspecified atom stereocenters. The average Bonchev–Trinajstić information content (AvgIpc) is 2.94. The molecule has 1 saturated carbocycles. The lowest BCUT2D eigenvalue weighted by atomic mass is 10.4. The van der Waals surface area contributed by atoms with Crippen LogP contribution < -0.4 is 9.47 Å². The maximum absolute atomic E-state index is 5.79. The van der Waals surface area contributed by atoms with E-state index in [4.69, 9.17) is 9.47 Å². The second-order valence-corrected chi connectivity index (χ2v) is 4.93. The Bertz CT molecular complexity index is 350. The van der Waals surface area contributed by atoms with Gasteiger partial charge in [-0.25, -0.2) is 4.98 Å². The first-order chi connectivity index (χ1) is 7.16. The number of hydrogen-bond acceptors (Lipinski definition) is 3. The first kappa shape index (κ1) is 11.0. The predicted molar refractivity (Wildman–Crippen MR) is 66.4 cm³/mol. The van der Waals surface area contributed by atoms with Gasteiger partial charge in [0.05, 0.1) is 12.2 Å². The molecule has 0 radical (unpaired) electrons. The van der Waals surface area contributed by atoms with E-state index in [1.54, 1.807) is 6.20 Å². The average molecular weight is 319 g/mol. The fourth-order valence-corrected chi connectivity index (χ4v) is 1.77.